The maximum absolute atomic E-state index is 11.9. The molecule has 0 radical (unpaired) electrons. The number of aliphatic carboxylic acids is 1. The van der Waals surface area contributed by atoms with E-state index in [4.69, 9.17) is 5.11 Å². The summed E-state index contributed by atoms with van der Waals surface area (Å²) in [6.45, 7) is 4.50. The minimum Gasteiger partial charge on any atom is -1.00 e. The number of hydrogen-bond donors (Lipinski definition) is 2. The molecule has 20 heavy (non-hydrogen) atoms. The largest absolute Gasteiger partial charge is 1.00 e. The smallest absolute Gasteiger partial charge is 1.00 e. The third-order valence-electron chi connectivity index (χ3n) is 2.86. The first-order chi connectivity index (χ1) is 8.99. The topological polar surface area (TPSA) is 66.4 Å². The van der Waals surface area contributed by atoms with Gasteiger partial charge >= 0.3 is 35.5 Å². The van der Waals surface area contributed by atoms with Crippen molar-refractivity contribution in [3.63, 3.8) is 0 Å². The minimum absolute atomic E-state index is 0. The summed E-state index contributed by atoms with van der Waals surface area (Å²) in [5.41, 5.74) is 0.598. The second-order valence-corrected chi connectivity index (χ2v) is 5.17. The molecule has 106 valence electrons. The Morgan fingerprint density at radius 2 is 1.85 bits per heavy atom. The summed E-state index contributed by atoms with van der Waals surface area (Å²) in [7, 11) is 0. The van der Waals surface area contributed by atoms with Crippen LogP contribution in [-0.2, 0) is 4.79 Å². The fourth-order valence-corrected chi connectivity index (χ4v) is 2.08. The third kappa shape index (κ3) is 7.68. The number of carboxylic acids is 1. The van der Waals surface area contributed by atoms with Crippen LogP contribution < -0.4 is 34.9 Å². The van der Waals surface area contributed by atoms with E-state index in [1.165, 1.54) is 0 Å². The number of hydrogen-bond acceptors (Lipinski definition) is 2. The molecular weight excluding hydrogens is 265 g/mol. The first-order valence-corrected chi connectivity index (χ1v) is 6.54. The zero-order valence-electron chi connectivity index (χ0n) is 13.4. The number of benzene rings is 1. The van der Waals surface area contributed by atoms with E-state index in [-0.39, 0.29) is 49.2 Å². The van der Waals surface area contributed by atoms with Crippen molar-refractivity contribution in [1.82, 2.24) is 5.32 Å². The molecule has 1 aromatic carbocycles. The van der Waals surface area contributed by atoms with Gasteiger partial charge in [-0.1, -0.05) is 32.0 Å². The molecule has 0 aliphatic rings. The SMILES string of the molecule is CC(C)C[C@H](CNC(=O)c1ccccc1)CC(=O)O.[H-].[Na+]. The Balaban J connectivity index is 0. The summed E-state index contributed by atoms with van der Waals surface area (Å²) in [4.78, 5) is 22.7. The van der Waals surface area contributed by atoms with Gasteiger partial charge in [-0.15, -0.1) is 0 Å². The molecule has 0 unspecified atom stereocenters. The number of nitrogens with one attached hydrogen (secondary N) is 1. The molecule has 0 saturated carbocycles. The number of amides is 1. The van der Waals surface area contributed by atoms with Crippen LogP contribution in [0.15, 0.2) is 30.3 Å². The summed E-state index contributed by atoms with van der Waals surface area (Å²) in [5.74, 6) is -0.581. The molecule has 0 bridgehead atoms. The van der Waals surface area contributed by atoms with Crippen LogP contribution in [0.5, 0.6) is 0 Å². The normalized spacial score (nSPS) is 11.6. The quantitative estimate of drug-likeness (QED) is 0.675. The van der Waals surface area contributed by atoms with Crippen molar-refractivity contribution in [2.75, 3.05) is 6.54 Å². The zero-order chi connectivity index (χ0) is 14.3. The van der Waals surface area contributed by atoms with Crippen molar-refractivity contribution in [2.24, 2.45) is 11.8 Å². The molecule has 1 amide bonds. The van der Waals surface area contributed by atoms with Crippen molar-refractivity contribution in [3.8, 4) is 0 Å². The van der Waals surface area contributed by atoms with Gasteiger partial charge in [0.15, 0.2) is 0 Å². The van der Waals surface area contributed by atoms with Gasteiger partial charge in [-0.2, -0.15) is 0 Å². The second kappa shape index (κ2) is 9.97. The summed E-state index contributed by atoms with van der Waals surface area (Å²) >= 11 is 0. The van der Waals surface area contributed by atoms with E-state index in [2.05, 4.69) is 5.32 Å². The molecule has 0 aromatic heterocycles. The van der Waals surface area contributed by atoms with E-state index in [9.17, 15) is 9.59 Å². The number of carbonyl (C=O) groups is 2. The first-order valence-electron chi connectivity index (χ1n) is 6.54. The molecule has 0 aliphatic carbocycles. The standard InChI is InChI=1S/C15H21NO3.Na.H/c1-11(2)8-12(9-14(17)18)10-16-15(19)13-6-4-3-5-7-13;;/h3-7,11-12H,8-10H2,1-2H3,(H,16,19)(H,17,18);;/q;+1;-1/t12-;;/m0../s1. The van der Waals surface area contributed by atoms with Gasteiger partial charge in [0.1, 0.15) is 0 Å². The summed E-state index contributed by atoms with van der Waals surface area (Å²) in [5, 5.41) is 11.7. The molecule has 2 N–H and O–H groups in total. The Morgan fingerprint density at radius 3 is 2.35 bits per heavy atom. The average molecular weight is 287 g/mol. The molecule has 5 heteroatoms. The van der Waals surface area contributed by atoms with Gasteiger partial charge in [-0.3, -0.25) is 9.59 Å². The second-order valence-electron chi connectivity index (χ2n) is 5.17. The minimum atomic E-state index is -0.820. The van der Waals surface area contributed by atoms with E-state index in [0.717, 1.165) is 6.42 Å². The monoisotopic (exact) mass is 287 g/mol. The van der Waals surface area contributed by atoms with Gasteiger partial charge in [-0.25, -0.2) is 0 Å². The van der Waals surface area contributed by atoms with Crippen molar-refractivity contribution >= 4 is 11.9 Å². The van der Waals surface area contributed by atoms with E-state index >= 15 is 0 Å². The number of carbonyl (C=O) groups excluding carboxylic acids is 1. The van der Waals surface area contributed by atoms with Crippen molar-refractivity contribution in [3.05, 3.63) is 35.9 Å². The number of carboxylic acid groups (broad SMARTS) is 1. The van der Waals surface area contributed by atoms with Crippen LogP contribution in [0.1, 0.15) is 38.5 Å². The Bertz CT molecular complexity index is 426. The first kappa shape index (κ1) is 19.2. The summed E-state index contributed by atoms with van der Waals surface area (Å²) in [6, 6.07) is 8.94. The Hall–Kier alpha value is -0.840. The van der Waals surface area contributed by atoms with Crippen LogP contribution in [0.2, 0.25) is 0 Å². The maximum atomic E-state index is 11.9. The van der Waals surface area contributed by atoms with Crippen molar-refractivity contribution in [1.29, 1.82) is 0 Å². The van der Waals surface area contributed by atoms with E-state index in [1.54, 1.807) is 24.3 Å². The Morgan fingerprint density at radius 1 is 1.25 bits per heavy atom. The van der Waals surface area contributed by atoms with Gasteiger partial charge in [0.25, 0.3) is 5.91 Å². The molecule has 0 saturated heterocycles. The third-order valence-corrected chi connectivity index (χ3v) is 2.86. The number of rotatable bonds is 7. The van der Waals surface area contributed by atoms with Gasteiger partial charge in [0.05, 0.1) is 0 Å². The van der Waals surface area contributed by atoms with Gasteiger partial charge < -0.3 is 11.8 Å². The molecular formula is C15H22NNaO3. The molecule has 1 rings (SSSR count). The van der Waals surface area contributed by atoms with Crippen LogP contribution in [-0.4, -0.2) is 23.5 Å². The molecule has 0 heterocycles. The molecule has 0 aliphatic heterocycles. The Labute approximate surface area is 143 Å². The molecule has 0 fully saturated rings. The van der Waals surface area contributed by atoms with Crippen LogP contribution in [0, 0.1) is 11.8 Å². The van der Waals surface area contributed by atoms with Crippen LogP contribution in [0.4, 0.5) is 0 Å². The molecule has 1 aromatic rings. The van der Waals surface area contributed by atoms with Gasteiger partial charge in [-0.05, 0) is 30.4 Å². The van der Waals surface area contributed by atoms with E-state index in [0.29, 0.717) is 18.0 Å². The van der Waals surface area contributed by atoms with Crippen molar-refractivity contribution < 1.29 is 45.7 Å². The van der Waals surface area contributed by atoms with Gasteiger partial charge in [0, 0.05) is 18.5 Å². The van der Waals surface area contributed by atoms with Crippen LogP contribution in [0.3, 0.4) is 0 Å². The van der Waals surface area contributed by atoms with Crippen LogP contribution >= 0.6 is 0 Å². The fourth-order valence-electron chi connectivity index (χ4n) is 2.08. The fraction of sp³-hybridized carbons (Fsp3) is 0.467. The van der Waals surface area contributed by atoms with Crippen LogP contribution in [0.25, 0.3) is 0 Å². The predicted molar refractivity (Wildman–Crippen MR) is 75.1 cm³/mol. The van der Waals surface area contributed by atoms with Gasteiger partial charge in [0.2, 0.25) is 0 Å². The molecule has 1 atom stereocenters. The predicted octanol–water partition coefficient (Wildman–Crippen LogP) is -0.330. The molecule has 4 nitrogen and oxygen atoms in total. The summed E-state index contributed by atoms with van der Waals surface area (Å²) < 4.78 is 0. The average Bonchev–Trinajstić information content (AvgIpc) is 2.35. The van der Waals surface area contributed by atoms with E-state index in [1.807, 2.05) is 19.9 Å². The van der Waals surface area contributed by atoms with E-state index < -0.39 is 5.97 Å². The Kier molecular flexibility index (Phi) is 9.55. The zero-order valence-corrected chi connectivity index (χ0v) is 14.4. The summed E-state index contributed by atoms with van der Waals surface area (Å²) in [6.07, 6.45) is 0.884. The maximum Gasteiger partial charge on any atom is 1.00 e. The molecule has 0 spiro atoms. The van der Waals surface area contributed by atoms with Crippen molar-refractivity contribution in [2.45, 2.75) is 26.7 Å².